The Morgan fingerprint density at radius 3 is 2.47 bits per heavy atom. The average molecular weight is 216 g/mol. The molecular formula is C13H25FO. The summed E-state index contributed by atoms with van der Waals surface area (Å²) < 4.78 is 13.3. The molecule has 0 saturated heterocycles. The van der Waals surface area contributed by atoms with Gasteiger partial charge in [0.25, 0.3) is 0 Å². The second-order valence-corrected chi connectivity index (χ2v) is 4.57. The van der Waals surface area contributed by atoms with E-state index in [4.69, 9.17) is 0 Å². The van der Waals surface area contributed by atoms with Gasteiger partial charge in [0.15, 0.2) is 0 Å². The standard InChI is InChI=1S/C13H25FO/c1-4-5-6-10-13(15)12(14)9-7-8-11(2)3/h9,11,13,15H,4-8,10H2,1-3H3/b12-9-. The van der Waals surface area contributed by atoms with Crippen molar-refractivity contribution in [2.75, 3.05) is 0 Å². The lowest BCUT2D eigenvalue weighted by Gasteiger charge is -2.08. The second-order valence-electron chi connectivity index (χ2n) is 4.57. The largest absolute Gasteiger partial charge is 0.386 e. The maximum absolute atomic E-state index is 13.3. The Hall–Kier alpha value is -0.370. The van der Waals surface area contributed by atoms with Crippen molar-refractivity contribution in [1.29, 1.82) is 0 Å². The molecule has 0 aliphatic carbocycles. The molecule has 1 N–H and O–H groups in total. The van der Waals surface area contributed by atoms with Gasteiger partial charge in [-0.1, -0.05) is 46.1 Å². The summed E-state index contributed by atoms with van der Waals surface area (Å²) in [6.45, 7) is 6.33. The lowest BCUT2D eigenvalue weighted by Crippen LogP contribution is -2.07. The van der Waals surface area contributed by atoms with E-state index in [2.05, 4.69) is 20.8 Å². The minimum Gasteiger partial charge on any atom is -0.386 e. The molecule has 0 fully saturated rings. The van der Waals surface area contributed by atoms with E-state index in [1.807, 2.05) is 0 Å². The summed E-state index contributed by atoms with van der Waals surface area (Å²) >= 11 is 0. The Morgan fingerprint density at radius 2 is 1.93 bits per heavy atom. The molecule has 1 nitrogen and oxygen atoms in total. The zero-order chi connectivity index (χ0) is 11.7. The highest BCUT2D eigenvalue weighted by molar-refractivity contribution is 4.98. The maximum Gasteiger partial charge on any atom is 0.124 e. The van der Waals surface area contributed by atoms with Gasteiger partial charge in [0.2, 0.25) is 0 Å². The number of aliphatic hydroxyl groups is 1. The number of unbranched alkanes of at least 4 members (excludes halogenated alkanes) is 2. The van der Waals surface area contributed by atoms with Crippen molar-refractivity contribution < 1.29 is 9.50 Å². The molecule has 1 atom stereocenters. The molecule has 2 heteroatoms. The first-order valence-electron chi connectivity index (χ1n) is 6.11. The van der Waals surface area contributed by atoms with Gasteiger partial charge in [-0.05, 0) is 25.2 Å². The highest BCUT2D eigenvalue weighted by Crippen LogP contribution is 2.14. The number of hydrogen-bond donors (Lipinski definition) is 1. The normalized spacial score (nSPS) is 14.7. The topological polar surface area (TPSA) is 20.2 Å². The Kier molecular flexibility index (Phi) is 8.68. The molecule has 15 heavy (non-hydrogen) atoms. The molecule has 0 aliphatic rings. The lowest BCUT2D eigenvalue weighted by molar-refractivity contribution is 0.168. The number of aliphatic hydroxyl groups excluding tert-OH is 1. The van der Waals surface area contributed by atoms with Crippen molar-refractivity contribution >= 4 is 0 Å². The van der Waals surface area contributed by atoms with E-state index in [-0.39, 0.29) is 5.83 Å². The molecule has 0 bridgehead atoms. The van der Waals surface area contributed by atoms with Crippen LogP contribution in [0.5, 0.6) is 0 Å². The summed E-state index contributed by atoms with van der Waals surface area (Å²) in [5.41, 5.74) is 0. The van der Waals surface area contributed by atoms with Gasteiger partial charge in [0.05, 0.1) is 0 Å². The van der Waals surface area contributed by atoms with Crippen LogP contribution in [-0.2, 0) is 0 Å². The molecule has 0 aromatic heterocycles. The summed E-state index contributed by atoms with van der Waals surface area (Å²) in [4.78, 5) is 0. The quantitative estimate of drug-likeness (QED) is 0.602. The van der Waals surface area contributed by atoms with E-state index >= 15 is 0 Å². The molecule has 0 saturated carbocycles. The van der Waals surface area contributed by atoms with Crippen LogP contribution in [0.15, 0.2) is 11.9 Å². The molecule has 1 unspecified atom stereocenters. The summed E-state index contributed by atoms with van der Waals surface area (Å²) in [5.74, 6) is 0.248. The van der Waals surface area contributed by atoms with Gasteiger partial charge in [0, 0.05) is 0 Å². The van der Waals surface area contributed by atoms with Crippen molar-refractivity contribution in [2.45, 2.75) is 65.4 Å². The van der Waals surface area contributed by atoms with Gasteiger partial charge in [0.1, 0.15) is 11.9 Å². The first-order chi connectivity index (χ1) is 7.07. The molecule has 0 aromatic rings. The average Bonchev–Trinajstić information content (AvgIpc) is 2.17. The van der Waals surface area contributed by atoms with Crippen LogP contribution in [0.2, 0.25) is 0 Å². The zero-order valence-electron chi connectivity index (χ0n) is 10.3. The summed E-state index contributed by atoms with van der Waals surface area (Å²) in [6, 6.07) is 0. The fourth-order valence-electron chi connectivity index (χ4n) is 1.42. The monoisotopic (exact) mass is 216 g/mol. The Bertz CT molecular complexity index is 175. The first kappa shape index (κ1) is 14.6. The Morgan fingerprint density at radius 1 is 1.27 bits per heavy atom. The van der Waals surface area contributed by atoms with Gasteiger partial charge in [-0.2, -0.15) is 0 Å². The van der Waals surface area contributed by atoms with Gasteiger partial charge >= 0.3 is 0 Å². The Balaban J connectivity index is 3.70. The lowest BCUT2D eigenvalue weighted by atomic mass is 10.1. The van der Waals surface area contributed by atoms with Crippen LogP contribution in [0, 0.1) is 5.92 Å². The van der Waals surface area contributed by atoms with E-state index in [9.17, 15) is 9.50 Å². The SMILES string of the molecule is CCCCCC(O)/C(F)=C/CCC(C)C. The molecular weight excluding hydrogens is 191 g/mol. The third kappa shape index (κ3) is 8.61. The van der Waals surface area contributed by atoms with Gasteiger partial charge in [-0.15, -0.1) is 0 Å². The number of hydrogen-bond acceptors (Lipinski definition) is 1. The highest BCUT2D eigenvalue weighted by Gasteiger charge is 2.09. The van der Waals surface area contributed by atoms with E-state index in [0.717, 1.165) is 32.1 Å². The van der Waals surface area contributed by atoms with Crippen LogP contribution in [0.25, 0.3) is 0 Å². The zero-order valence-corrected chi connectivity index (χ0v) is 10.3. The van der Waals surface area contributed by atoms with Gasteiger partial charge in [-0.25, -0.2) is 4.39 Å². The van der Waals surface area contributed by atoms with Crippen molar-refractivity contribution in [1.82, 2.24) is 0 Å². The summed E-state index contributed by atoms with van der Waals surface area (Å²) in [6.07, 6.45) is 6.01. The fraction of sp³-hybridized carbons (Fsp3) is 0.846. The third-order valence-corrected chi connectivity index (χ3v) is 2.48. The van der Waals surface area contributed by atoms with E-state index in [1.54, 1.807) is 0 Å². The molecule has 0 amide bonds. The summed E-state index contributed by atoms with van der Waals surface area (Å²) in [7, 11) is 0. The third-order valence-electron chi connectivity index (χ3n) is 2.48. The van der Waals surface area contributed by atoms with Gasteiger partial charge < -0.3 is 5.11 Å². The van der Waals surface area contributed by atoms with E-state index in [0.29, 0.717) is 12.3 Å². The van der Waals surface area contributed by atoms with Gasteiger partial charge in [-0.3, -0.25) is 0 Å². The first-order valence-corrected chi connectivity index (χ1v) is 6.11. The minimum atomic E-state index is -0.872. The Labute approximate surface area is 93.4 Å². The van der Waals surface area contributed by atoms with Crippen LogP contribution >= 0.6 is 0 Å². The van der Waals surface area contributed by atoms with E-state index < -0.39 is 6.10 Å². The van der Waals surface area contributed by atoms with Crippen LogP contribution in [0.1, 0.15) is 59.3 Å². The fourth-order valence-corrected chi connectivity index (χ4v) is 1.42. The highest BCUT2D eigenvalue weighted by atomic mass is 19.1. The van der Waals surface area contributed by atoms with Crippen molar-refractivity contribution in [3.05, 3.63) is 11.9 Å². The van der Waals surface area contributed by atoms with Crippen LogP contribution < -0.4 is 0 Å². The molecule has 0 aliphatic heterocycles. The predicted octanol–water partition coefficient (Wildman–Crippen LogP) is 4.22. The second kappa shape index (κ2) is 8.90. The van der Waals surface area contributed by atoms with Crippen molar-refractivity contribution in [2.24, 2.45) is 5.92 Å². The van der Waals surface area contributed by atoms with Crippen LogP contribution in [-0.4, -0.2) is 11.2 Å². The van der Waals surface area contributed by atoms with Crippen LogP contribution in [0.4, 0.5) is 4.39 Å². The predicted molar refractivity (Wildman–Crippen MR) is 63.4 cm³/mol. The maximum atomic E-state index is 13.3. The molecule has 0 spiro atoms. The molecule has 0 radical (unpaired) electrons. The smallest absolute Gasteiger partial charge is 0.124 e. The molecule has 90 valence electrons. The van der Waals surface area contributed by atoms with E-state index in [1.165, 1.54) is 6.08 Å². The molecule has 0 aromatic carbocycles. The number of halogens is 1. The molecule has 0 rings (SSSR count). The minimum absolute atomic E-state index is 0.341. The van der Waals surface area contributed by atoms with Crippen molar-refractivity contribution in [3.8, 4) is 0 Å². The van der Waals surface area contributed by atoms with Crippen molar-refractivity contribution in [3.63, 3.8) is 0 Å². The molecule has 0 heterocycles. The number of allylic oxidation sites excluding steroid dienone is 1. The van der Waals surface area contributed by atoms with Crippen LogP contribution in [0.3, 0.4) is 0 Å². The summed E-state index contributed by atoms with van der Waals surface area (Å²) in [5, 5.41) is 9.47. The number of rotatable bonds is 8.